The van der Waals surface area contributed by atoms with E-state index in [2.05, 4.69) is 27.9 Å². The van der Waals surface area contributed by atoms with Gasteiger partial charge >= 0.3 is 2.85 Å². The Balaban J connectivity index is -0.000000333. The van der Waals surface area contributed by atoms with Crippen LogP contribution in [0.2, 0.25) is 0 Å². The summed E-state index contributed by atoms with van der Waals surface area (Å²) in [7, 11) is -0.553. The van der Waals surface area contributed by atoms with E-state index >= 15 is 0 Å². The van der Waals surface area contributed by atoms with Crippen molar-refractivity contribution >= 4 is 7.82 Å². The Morgan fingerprint density at radius 2 is 0.880 bits per heavy atom. The summed E-state index contributed by atoms with van der Waals surface area (Å²) in [5, 5.41) is 0. The van der Waals surface area contributed by atoms with Crippen LogP contribution in [0.15, 0.2) is 0 Å². The topological polar surface area (TPSA) is 86.2 Å². The number of nitrogens with zero attached hydrogens (tertiary/aromatic N) is 1. The quantitative estimate of drug-likeness (QED) is 0.246. The Bertz CT molecular complexity index is 321. The fourth-order valence-electron chi connectivity index (χ4n) is 2.93. The van der Waals surface area contributed by atoms with Crippen LogP contribution in [0.1, 0.15) is 100 Å². The molecule has 0 heterocycles. The van der Waals surface area contributed by atoms with Crippen molar-refractivity contribution in [3.63, 3.8) is 0 Å². The zero-order valence-corrected chi connectivity index (χ0v) is 18.0. The second kappa shape index (κ2) is 17.5. The lowest BCUT2D eigenvalue weighted by Gasteiger charge is -2.36. The summed E-state index contributed by atoms with van der Waals surface area (Å²) in [6, 6.07) is 0. The summed E-state index contributed by atoms with van der Waals surface area (Å²) in [6.07, 6.45) is 18.6. The summed E-state index contributed by atoms with van der Waals surface area (Å²) >= 11 is 0. The minimum atomic E-state index is -5.39. The molecule has 0 atom stereocenters. The van der Waals surface area contributed by atoms with Gasteiger partial charge in [-0.2, -0.15) is 7.82 Å². The average molecular weight is 382 g/mol. The lowest BCUT2D eigenvalue weighted by Crippen LogP contribution is -2.41. The van der Waals surface area contributed by atoms with E-state index < -0.39 is 7.82 Å². The van der Waals surface area contributed by atoms with E-state index in [0.29, 0.717) is 0 Å². The van der Waals surface area contributed by atoms with E-state index in [1.807, 2.05) is 0 Å². The molecule has 5 nitrogen and oxygen atoms in total. The van der Waals surface area contributed by atoms with Crippen molar-refractivity contribution in [2.45, 2.75) is 97.3 Å². The first-order valence-corrected chi connectivity index (χ1v) is 11.6. The molecule has 0 amide bonds. The van der Waals surface area contributed by atoms with Gasteiger partial charge < -0.3 is 23.7 Å². The fraction of sp³-hybridized carbons (Fsp3) is 1.00. The van der Waals surface area contributed by atoms with Crippen molar-refractivity contribution in [2.75, 3.05) is 27.2 Å². The predicted octanol–water partition coefficient (Wildman–Crippen LogP) is 3.57. The molecule has 0 aliphatic heterocycles. The van der Waals surface area contributed by atoms with Gasteiger partial charge in [0.1, 0.15) is 0 Å². The van der Waals surface area contributed by atoms with Crippen LogP contribution in [0.5, 0.6) is 0 Å². The van der Waals surface area contributed by atoms with E-state index in [1.165, 1.54) is 101 Å². The van der Waals surface area contributed by atoms with Crippen molar-refractivity contribution in [2.24, 2.45) is 0 Å². The van der Waals surface area contributed by atoms with Gasteiger partial charge in [-0.25, -0.2) is 0 Å². The van der Waals surface area contributed by atoms with E-state index in [0.717, 1.165) is 0 Å². The van der Waals surface area contributed by atoms with Gasteiger partial charge in [0.2, 0.25) is 0 Å². The molecule has 0 rings (SSSR count). The molecule has 0 aromatic carbocycles. The first kappa shape index (κ1) is 27.3. The highest BCUT2D eigenvalue weighted by Crippen LogP contribution is 2.12. The third-order valence-corrected chi connectivity index (χ3v) is 4.48. The molecule has 0 unspecified atom stereocenters. The average Bonchev–Trinajstić information content (AvgIpc) is 2.48. The van der Waals surface area contributed by atoms with Crippen molar-refractivity contribution in [3.8, 4) is 0 Å². The maximum atomic E-state index is 8.55. The molecule has 0 saturated carbocycles. The highest BCUT2D eigenvalue weighted by Gasteiger charge is 2.13. The van der Waals surface area contributed by atoms with Crippen LogP contribution in [-0.2, 0) is 4.57 Å². The maximum Gasteiger partial charge on any atom is 1.00 e. The maximum absolute atomic E-state index is 8.55. The van der Waals surface area contributed by atoms with E-state index in [4.69, 9.17) is 19.2 Å². The third kappa shape index (κ3) is 32.2. The van der Waals surface area contributed by atoms with Crippen LogP contribution in [0.4, 0.5) is 0 Å². The van der Waals surface area contributed by atoms with Crippen LogP contribution in [0.3, 0.4) is 0 Å². The zero-order chi connectivity index (χ0) is 19.6. The van der Waals surface area contributed by atoms with Gasteiger partial charge in [0.25, 0.3) is 0 Å². The molecule has 0 aliphatic carbocycles. The largest absolute Gasteiger partial charge is 1.00 e. The van der Waals surface area contributed by atoms with Gasteiger partial charge in [0, 0.05) is 0 Å². The molecule has 154 valence electrons. The molecule has 0 aliphatic rings. The van der Waals surface area contributed by atoms with E-state index in [-0.39, 0.29) is 2.85 Å². The minimum absolute atomic E-state index is 0. The van der Waals surface area contributed by atoms with Crippen molar-refractivity contribution < 1.29 is 26.6 Å². The first-order valence-electron chi connectivity index (χ1n) is 10.2. The Morgan fingerprint density at radius 3 is 1.16 bits per heavy atom. The lowest BCUT2D eigenvalue weighted by molar-refractivity contribution is -0.890. The van der Waals surface area contributed by atoms with Gasteiger partial charge in [-0.3, -0.25) is 0 Å². The first-order chi connectivity index (χ1) is 11.6. The molecule has 6 heteroatoms. The zero-order valence-electron chi connectivity index (χ0n) is 19.1. The highest BCUT2D eigenvalue weighted by atomic mass is 31.2. The number of quaternary nitrogens is 1. The Kier molecular flexibility index (Phi) is 19.1. The van der Waals surface area contributed by atoms with Gasteiger partial charge in [-0.15, -0.1) is 0 Å². The van der Waals surface area contributed by atoms with Crippen LogP contribution >= 0.6 is 7.82 Å². The van der Waals surface area contributed by atoms with E-state index in [9.17, 15) is 0 Å². The molecule has 0 bridgehead atoms. The Hall–Kier alpha value is 0.0700. The lowest BCUT2D eigenvalue weighted by atomic mass is 10.1. The molecular formula is C19H44NO4P. The van der Waals surface area contributed by atoms with Gasteiger partial charge in [-0.1, -0.05) is 71.6 Å². The van der Waals surface area contributed by atoms with Gasteiger partial charge in [0.15, 0.2) is 0 Å². The molecule has 25 heavy (non-hydrogen) atoms. The third-order valence-electron chi connectivity index (χ3n) is 4.48. The summed E-state index contributed by atoms with van der Waals surface area (Å²) in [5.74, 6) is 0. The summed E-state index contributed by atoms with van der Waals surface area (Å²) in [4.78, 5) is 25.6. The number of unbranched alkanes of at least 4 members (excludes halogenated alkanes) is 11. The summed E-state index contributed by atoms with van der Waals surface area (Å²) < 4.78 is 9.79. The Morgan fingerprint density at radius 1 is 0.640 bits per heavy atom. The van der Waals surface area contributed by atoms with Gasteiger partial charge in [-0.05, 0) is 25.7 Å². The number of phosphoric acid groups is 1. The predicted molar refractivity (Wildman–Crippen MR) is 103 cm³/mol. The molecule has 0 aromatic rings. The van der Waals surface area contributed by atoms with Crippen molar-refractivity contribution in [1.29, 1.82) is 0 Å². The van der Waals surface area contributed by atoms with E-state index in [1.54, 1.807) is 0 Å². The number of hydrogen-bond acceptors (Lipinski definition) is 4. The standard InChI is InChI=1S/C19H42N.H3O4P/c1-5-7-9-11-12-13-15-17-19-20(3,4)18-16-14-10-8-6-2;1-5(2,3)4/h5-19H2,1-4H3;(H3,1,2,3,4)/q+1;/p-1. The summed E-state index contributed by atoms with van der Waals surface area (Å²) in [6.45, 7) is 7.34. The Labute approximate surface area is 159 Å². The smallest absolute Gasteiger partial charge is 0.822 e. The molecule has 0 spiro atoms. The highest BCUT2D eigenvalue weighted by molar-refractivity contribution is 7.40. The van der Waals surface area contributed by atoms with Crippen LogP contribution in [0, 0.1) is 0 Å². The second-order valence-electron chi connectivity index (χ2n) is 7.72. The monoisotopic (exact) mass is 381 g/mol. The number of hydrogen-bond donors (Lipinski definition) is 0. The molecule has 0 aromatic heterocycles. The van der Waals surface area contributed by atoms with Gasteiger partial charge in [0.05, 0.1) is 27.2 Å². The normalized spacial score (nSPS) is 12.0. The van der Waals surface area contributed by atoms with Crippen LogP contribution < -0.4 is 14.7 Å². The molecule has 0 radical (unpaired) electrons. The van der Waals surface area contributed by atoms with Crippen LogP contribution in [-0.4, -0.2) is 31.7 Å². The minimum Gasteiger partial charge on any atom is -0.822 e. The number of rotatable bonds is 15. The molecule has 0 N–H and O–H groups in total. The second-order valence-corrected chi connectivity index (χ2v) is 8.61. The van der Waals surface area contributed by atoms with Crippen LogP contribution in [0.25, 0.3) is 0 Å². The molecule has 0 saturated heterocycles. The SMILES string of the molecule is CCCCCCCCCC[N+](C)(C)CCCCCCC.O=P([O-])([O-])[O-].[H+].[H+]. The molecule has 0 fully saturated rings. The molecular weight excluding hydrogens is 337 g/mol. The van der Waals surface area contributed by atoms with Crippen molar-refractivity contribution in [1.82, 2.24) is 0 Å². The fourth-order valence-corrected chi connectivity index (χ4v) is 2.93. The van der Waals surface area contributed by atoms with Crippen molar-refractivity contribution in [3.05, 3.63) is 0 Å². The summed E-state index contributed by atoms with van der Waals surface area (Å²) in [5.41, 5.74) is 0.